The SMILES string of the molecule is Cc1ccc(N2CCC(C(=O)Nc3ccc4oc(C)nc4c3)C2=O)cc1. The number of hydrogen-bond acceptors (Lipinski definition) is 4. The van der Waals surface area contributed by atoms with Gasteiger partial charge in [-0.25, -0.2) is 4.98 Å². The van der Waals surface area contributed by atoms with Gasteiger partial charge in [0.05, 0.1) is 0 Å². The molecule has 4 rings (SSSR count). The number of carbonyl (C=O) groups excluding carboxylic acids is 2. The molecule has 1 saturated heterocycles. The fourth-order valence-corrected chi connectivity index (χ4v) is 3.25. The van der Waals surface area contributed by atoms with Crippen LogP contribution in [-0.4, -0.2) is 23.3 Å². The topological polar surface area (TPSA) is 75.4 Å². The Kier molecular flexibility index (Phi) is 3.95. The van der Waals surface area contributed by atoms with Crippen molar-refractivity contribution >= 4 is 34.3 Å². The van der Waals surface area contributed by atoms with Gasteiger partial charge in [-0.1, -0.05) is 17.7 Å². The summed E-state index contributed by atoms with van der Waals surface area (Å²) in [6, 6.07) is 13.0. The molecule has 3 aromatic rings. The average molecular weight is 349 g/mol. The van der Waals surface area contributed by atoms with E-state index in [0.717, 1.165) is 11.3 Å². The van der Waals surface area contributed by atoms with Gasteiger partial charge in [-0.2, -0.15) is 0 Å². The normalized spacial score (nSPS) is 17.1. The number of carbonyl (C=O) groups is 2. The maximum Gasteiger partial charge on any atom is 0.239 e. The fraction of sp³-hybridized carbons (Fsp3) is 0.250. The number of rotatable bonds is 3. The van der Waals surface area contributed by atoms with Gasteiger partial charge in [-0.15, -0.1) is 0 Å². The monoisotopic (exact) mass is 349 g/mol. The quantitative estimate of drug-likeness (QED) is 0.735. The molecular formula is C20H19N3O3. The van der Waals surface area contributed by atoms with Crippen LogP contribution in [-0.2, 0) is 9.59 Å². The Morgan fingerprint density at radius 2 is 1.96 bits per heavy atom. The lowest BCUT2D eigenvalue weighted by molar-refractivity contribution is -0.129. The number of fused-ring (bicyclic) bond motifs is 1. The van der Waals surface area contributed by atoms with E-state index >= 15 is 0 Å². The minimum atomic E-state index is -0.675. The van der Waals surface area contributed by atoms with Gasteiger partial charge < -0.3 is 14.6 Å². The van der Waals surface area contributed by atoms with Crippen molar-refractivity contribution in [3.63, 3.8) is 0 Å². The van der Waals surface area contributed by atoms with E-state index in [1.165, 1.54) is 0 Å². The van der Waals surface area contributed by atoms with Gasteiger partial charge in [0, 0.05) is 24.8 Å². The smallest absolute Gasteiger partial charge is 0.239 e. The zero-order chi connectivity index (χ0) is 18.3. The Balaban J connectivity index is 1.49. The molecule has 132 valence electrons. The molecule has 2 amide bonds. The Morgan fingerprint density at radius 3 is 2.73 bits per heavy atom. The lowest BCUT2D eigenvalue weighted by Gasteiger charge is -2.17. The highest BCUT2D eigenvalue weighted by Gasteiger charge is 2.37. The minimum Gasteiger partial charge on any atom is -0.441 e. The van der Waals surface area contributed by atoms with E-state index in [0.29, 0.717) is 35.6 Å². The second-order valence-corrected chi connectivity index (χ2v) is 6.57. The number of nitrogens with zero attached hydrogens (tertiary/aromatic N) is 2. The lowest BCUT2D eigenvalue weighted by Crippen LogP contribution is -2.33. The van der Waals surface area contributed by atoms with Gasteiger partial charge >= 0.3 is 0 Å². The van der Waals surface area contributed by atoms with Crippen LogP contribution in [0.4, 0.5) is 11.4 Å². The predicted octanol–water partition coefficient (Wildman–Crippen LogP) is 3.44. The third-order valence-electron chi connectivity index (χ3n) is 4.63. The van der Waals surface area contributed by atoms with Crippen LogP contribution >= 0.6 is 0 Å². The molecule has 1 fully saturated rings. The molecule has 2 aromatic carbocycles. The number of oxazole rings is 1. The summed E-state index contributed by atoms with van der Waals surface area (Å²) >= 11 is 0. The number of aryl methyl sites for hydroxylation is 2. The van der Waals surface area contributed by atoms with E-state index in [1.54, 1.807) is 30.0 Å². The van der Waals surface area contributed by atoms with Gasteiger partial charge in [-0.05, 0) is 43.7 Å². The van der Waals surface area contributed by atoms with Gasteiger partial charge in [0.2, 0.25) is 11.8 Å². The summed E-state index contributed by atoms with van der Waals surface area (Å²) in [6.45, 7) is 4.32. The summed E-state index contributed by atoms with van der Waals surface area (Å²) < 4.78 is 5.43. The van der Waals surface area contributed by atoms with Crippen molar-refractivity contribution in [3.05, 3.63) is 53.9 Å². The van der Waals surface area contributed by atoms with E-state index in [4.69, 9.17) is 4.42 Å². The highest BCUT2D eigenvalue weighted by molar-refractivity contribution is 6.13. The van der Waals surface area contributed by atoms with Crippen molar-refractivity contribution in [3.8, 4) is 0 Å². The van der Waals surface area contributed by atoms with Gasteiger partial charge in [0.25, 0.3) is 0 Å². The predicted molar refractivity (Wildman–Crippen MR) is 99.0 cm³/mol. The lowest BCUT2D eigenvalue weighted by atomic mass is 10.1. The van der Waals surface area contributed by atoms with Gasteiger partial charge in [0.1, 0.15) is 11.4 Å². The molecule has 1 atom stereocenters. The number of hydrogen-bond donors (Lipinski definition) is 1. The summed E-state index contributed by atoms with van der Waals surface area (Å²) in [6.07, 6.45) is 0.504. The van der Waals surface area contributed by atoms with Crippen LogP contribution in [0.25, 0.3) is 11.1 Å². The highest BCUT2D eigenvalue weighted by Crippen LogP contribution is 2.27. The molecule has 0 radical (unpaired) electrons. The third kappa shape index (κ3) is 2.94. The Hall–Kier alpha value is -3.15. The van der Waals surface area contributed by atoms with Crippen LogP contribution in [0.3, 0.4) is 0 Å². The van der Waals surface area contributed by atoms with Crippen LogP contribution in [0, 0.1) is 19.8 Å². The van der Waals surface area contributed by atoms with Gasteiger partial charge in [-0.3, -0.25) is 9.59 Å². The first-order valence-electron chi connectivity index (χ1n) is 8.57. The van der Waals surface area contributed by atoms with Gasteiger partial charge in [0.15, 0.2) is 11.5 Å². The van der Waals surface area contributed by atoms with Crippen molar-refractivity contribution in [2.45, 2.75) is 20.3 Å². The number of benzene rings is 2. The first kappa shape index (κ1) is 16.3. The molecule has 1 unspecified atom stereocenters. The van der Waals surface area contributed by atoms with E-state index in [9.17, 15) is 9.59 Å². The molecule has 1 aromatic heterocycles. The highest BCUT2D eigenvalue weighted by atomic mass is 16.3. The van der Waals surface area contributed by atoms with E-state index in [-0.39, 0.29) is 11.8 Å². The zero-order valence-corrected chi connectivity index (χ0v) is 14.7. The Bertz CT molecular complexity index is 991. The van der Waals surface area contributed by atoms with E-state index < -0.39 is 5.92 Å². The maximum atomic E-state index is 12.7. The minimum absolute atomic E-state index is 0.162. The first-order chi connectivity index (χ1) is 12.5. The molecular weight excluding hydrogens is 330 g/mol. The molecule has 1 aliphatic heterocycles. The number of amides is 2. The molecule has 0 aliphatic carbocycles. The standard InChI is InChI=1S/C20H19N3O3/c1-12-3-6-15(7-4-12)23-10-9-16(20(23)25)19(24)22-14-5-8-18-17(11-14)21-13(2)26-18/h3-8,11,16H,9-10H2,1-2H3,(H,22,24). The summed E-state index contributed by atoms with van der Waals surface area (Å²) in [5, 5.41) is 2.83. The zero-order valence-electron chi connectivity index (χ0n) is 14.7. The summed E-state index contributed by atoms with van der Waals surface area (Å²) in [5.74, 6) is -0.553. The summed E-state index contributed by atoms with van der Waals surface area (Å²) in [5.41, 5.74) is 3.92. The van der Waals surface area contributed by atoms with Crippen molar-refractivity contribution in [2.24, 2.45) is 5.92 Å². The molecule has 6 heteroatoms. The van der Waals surface area contributed by atoms with Crippen molar-refractivity contribution in [1.82, 2.24) is 4.98 Å². The van der Waals surface area contributed by atoms with Crippen LogP contribution in [0.1, 0.15) is 17.9 Å². The second kappa shape index (κ2) is 6.29. The average Bonchev–Trinajstić information content (AvgIpc) is 3.17. The molecule has 6 nitrogen and oxygen atoms in total. The third-order valence-corrected chi connectivity index (χ3v) is 4.63. The molecule has 0 saturated carbocycles. The maximum absolute atomic E-state index is 12.7. The molecule has 1 N–H and O–H groups in total. The van der Waals surface area contributed by atoms with Crippen molar-refractivity contribution in [2.75, 3.05) is 16.8 Å². The summed E-state index contributed by atoms with van der Waals surface area (Å²) in [4.78, 5) is 31.2. The van der Waals surface area contributed by atoms with Crippen LogP contribution in [0.2, 0.25) is 0 Å². The van der Waals surface area contributed by atoms with Crippen LogP contribution < -0.4 is 10.2 Å². The second-order valence-electron chi connectivity index (χ2n) is 6.57. The number of anilines is 2. The largest absolute Gasteiger partial charge is 0.441 e. The molecule has 2 heterocycles. The molecule has 26 heavy (non-hydrogen) atoms. The summed E-state index contributed by atoms with van der Waals surface area (Å²) in [7, 11) is 0. The number of nitrogens with one attached hydrogen (secondary N) is 1. The van der Waals surface area contributed by atoms with Crippen molar-refractivity contribution in [1.29, 1.82) is 0 Å². The first-order valence-corrected chi connectivity index (χ1v) is 8.57. The Morgan fingerprint density at radius 1 is 1.19 bits per heavy atom. The Labute approximate surface area is 150 Å². The van der Waals surface area contributed by atoms with E-state index in [2.05, 4.69) is 10.3 Å². The van der Waals surface area contributed by atoms with Crippen molar-refractivity contribution < 1.29 is 14.0 Å². The van der Waals surface area contributed by atoms with E-state index in [1.807, 2.05) is 31.2 Å². The fourth-order valence-electron chi connectivity index (χ4n) is 3.25. The molecule has 0 bridgehead atoms. The van der Waals surface area contributed by atoms with Crippen LogP contribution in [0.15, 0.2) is 46.9 Å². The molecule has 0 spiro atoms. The molecule has 1 aliphatic rings. The van der Waals surface area contributed by atoms with Crippen LogP contribution in [0.5, 0.6) is 0 Å². The number of aromatic nitrogens is 1.